The number of halogens is 4. The minimum atomic E-state index is -4.49. The number of aromatic nitrogens is 4. The first-order valence-electron chi connectivity index (χ1n) is 8.94. The normalized spacial score (nSPS) is 11.6. The fraction of sp³-hybridized carbons (Fsp3) is 0.100. The molecule has 0 fully saturated rings. The molecule has 32 heavy (non-hydrogen) atoms. The van der Waals surface area contributed by atoms with Gasteiger partial charge in [0.05, 0.1) is 33.5 Å². The summed E-state index contributed by atoms with van der Waals surface area (Å²) in [5, 5.41) is 17.9. The van der Waals surface area contributed by atoms with E-state index in [-0.39, 0.29) is 22.3 Å². The summed E-state index contributed by atoms with van der Waals surface area (Å²) in [7, 11) is 0. The van der Waals surface area contributed by atoms with Gasteiger partial charge in [0.15, 0.2) is 6.61 Å². The zero-order valence-electron chi connectivity index (χ0n) is 15.9. The first-order chi connectivity index (χ1) is 15.1. The van der Waals surface area contributed by atoms with Gasteiger partial charge in [-0.3, -0.25) is 4.79 Å². The van der Waals surface area contributed by atoms with E-state index in [4.69, 9.17) is 11.6 Å². The molecule has 0 spiro atoms. The summed E-state index contributed by atoms with van der Waals surface area (Å²) < 4.78 is 44.3. The number of ether oxygens (including phenoxy) is 1. The van der Waals surface area contributed by atoms with Crippen LogP contribution in [0.5, 0.6) is 5.75 Å². The average molecular weight is 465 g/mol. The summed E-state index contributed by atoms with van der Waals surface area (Å²) in [5.41, 5.74) is -0.722. The van der Waals surface area contributed by atoms with Crippen molar-refractivity contribution in [2.45, 2.75) is 6.18 Å². The number of hydrogen-bond acceptors (Lipinski definition) is 5. The van der Waals surface area contributed by atoms with Crippen molar-refractivity contribution in [1.82, 2.24) is 19.6 Å². The van der Waals surface area contributed by atoms with Crippen molar-refractivity contribution in [3.8, 4) is 17.1 Å². The molecule has 0 saturated heterocycles. The third kappa shape index (κ3) is 4.14. The van der Waals surface area contributed by atoms with E-state index in [1.54, 1.807) is 18.2 Å². The number of nitrogens with zero attached hydrogens (tertiary/aromatic N) is 4. The molecule has 2 aromatic heterocycles. The maximum atomic E-state index is 12.9. The van der Waals surface area contributed by atoms with Gasteiger partial charge in [0.2, 0.25) is 11.1 Å². The number of fused-ring (bicyclic) bond motifs is 1. The SMILES string of the molecule is O=C(O)c1nn(-c2ccc(OCC(F)(F)F)cc2)c2cccc(-n3cc(Cl)cn3)c2c1=O. The van der Waals surface area contributed by atoms with Crippen LogP contribution in [0.2, 0.25) is 5.02 Å². The molecule has 2 aromatic carbocycles. The number of hydrogen-bond donors (Lipinski definition) is 1. The lowest BCUT2D eigenvalue weighted by molar-refractivity contribution is -0.153. The molecule has 164 valence electrons. The number of carbonyl (C=O) groups is 1. The molecule has 2 heterocycles. The van der Waals surface area contributed by atoms with Crippen LogP contribution in [0.25, 0.3) is 22.3 Å². The average Bonchev–Trinajstić information content (AvgIpc) is 3.18. The van der Waals surface area contributed by atoms with Crippen molar-refractivity contribution < 1.29 is 27.8 Å². The third-order valence-electron chi connectivity index (χ3n) is 4.38. The molecule has 4 rings (SSSR count). The second kappa shape index (κ2) is 8.00. The van der Waals surface area contributed by atoms with Crippen LogP contribution in [0.4, 0.5) is 13.2 Å². The second-order valence-corrected chi connectivity index (χ2v) is 7.00. The Balaban J connectivity index is 1.89. The Morgan fingerprint density at radius 1 is 1.16 bits per heavy atom. The van der Waals surface area contributed by atoms with E-state index in [1.165, 1.54) is 46.0 Å². The molecule has 0 aliphatic rings. The molecule has 0 aliphatic heterocycles. The maximum absolute atomic E-state index is 12.9. The standard InChI is InChI=1S/C20H12ClF3N4O4/c21-11-8-25-27(9-11)14-2-1-3-15-16(14)18(29)17(19(30)31)26-28(15)12-4-6-13(7-5-12)32-10-20(22,23)24/h1-9H,10H2,(H,30,31). The Labute approximate surface area is 182 Å². The van der Waals surface area contributed by atoms with E-state index in [2.05, 4.69) is 14.9 Å². The highest BCUT2D eigenvalue weighted by Gasteiger charge is 2.28. The van der Waals surface area contributed by atoms with E-state index in [9.17, 15) is 27.9 Å². The zero-order chi connectivity index (χ0) is 23.0. The molecule has 4 aromatic rings. The van der Waals surface area contributed by atoms with Gasteiger partial charge in [0.1, 0.15) is 5.75 Å². The van der Waals surface area contributed by atoms with Crippen LogP contribution in [0.3, 0.4) is 0 Å². The Kier molecular flexibility index (Phi) is 5.35. The fourth-order valence-electron chi connectivity index (χ4n) is 3.06. The van der Waals surface area contributed by atoms with Crippen LogP contribution in [0, 0.1) is 0 Å². The monoisotopic (exact) mass is 464 g/mol. The van der Waals surface area contributed by atoms with E-state index in [1.807, 2.05) is 0 Å². The summed E-state index contributed by atoms with van der Waals surface area (Å²) in [6, 6.07) is 10.1. The largest absolute Gasteiger partial charge is 0.484 e. The highest BCUT2D eigenvalue weighted by atomic mass is 35.5. The highest BCUT2D eigenvalue weighted by Crippen LogP contribution is 2.24. The molecule has 0 radical (unpaired) electrons. The summed E-state index contributed by atoms with van der Waals surface area (Å²) in [6.07, 6.45) is -1.68. The molecule has 8 nitrogen and oxygen atoms in total. The smallest absolute Gasteiger partial charge is 0.422 e. The molecule has 0 amide bonds. The van der Waals surface area contributed by atoms with Gasteiger partial charge in [-0.1, -0.05) is 17.7 Å². The lowest BCUT2D eigenvalue weighted by Crippen LogP contribution is -2.23. The minimum Gasteiger partial charge on any atom is -0.484 e. The lowest BCUT2D eigenvalue weighted by Gasteiger charge is -2.14. The molecule has 0 aliphatic carbocycles. The van der Waals surface area contributed by atoms with Crippen LogP contribution in [-0.2, 0) is 0 Å². The highest BCUT2D eigenvalue weighted by molar-refractivity contribution is 6.30. The number of carboxylic acid groups (broad SMARTS) is 1. The molecule has 0 atom stereocenters. The molecule has 0 unspecified atom stereocenters. The fourth-order valence-corrected chi connectivity index (χ4v) is 3.20. The predicted molar refractivity (Wildman–Crippen MR) is 108 cm³/mol. The van der Waals surface area contributed by atoms with E-state index in [0.29, 0.717) is 10.7 Å². The summed E-state index contributed by atoms with van der Waals surface area (Å²) in [4.78, 5) is 24.6. The van der Waals surface area contributed by atoms with Crippen molar-refractivity contribution in [1.29, 1.82) is 0 Å². The Hall–Kier alpha value is -3.86. The van der Waals surface area contributed by atoms with Gasteiger partial charge < -0.3 is 9.84 Å². The van der Waals surface area contributed by atoms with E-state index < -0.39 is 29.9 Å². The summed E-state index contributed by atoms with van der Waals surface area (Å²) >= 11 is 5.92. The zero-order valence-corrected chi connectivity index (χ0v) is 16.6. The Morgan fingerprint density at radius 2 is 1.88 bits per heavy atom. The molecule has 1 N–H and O–H groups in total. The van der Waals surface area contributed by atoms with E-state index in [0.717, 1.165) is 0 Å². The molecule has 0 bridgehead atoms. The minimum absolute atomic E-state index is 0.0251. The Bertz CT molecular complexity index is 1380. The van der Waals surface area contributed by atoms with Crippen molar-refractivity contribution in [2.24, 2.45) is 0 Å². The van der Waals surface area contributed by atoms with Crippen LogP contribution >= 0.6 is 11.6 Å². The van der Waals surface area contributed by atoms with Crippen LogP contribution in [0.1, 0.15) is 10.5 Å². The van der Waals surface area contributed by atoms with Gasteiger partial charge in [-0.2, -0.15) is 23.4 Å². The van der Waals surface area contributed by atoms with Gasteiger partial charge in [0.25, 0.3) is 0 Å². The number of carboxylic acids is 1. The number of rotatable bonds is 5. The van der Waals surface area contributed by atoms with Crippen molar-refractivity contribution in [2.75, 3.05) is 6.61 Å². The molecule has 12 heteroatoms. The van der Waals surface area contributed by atoms with Crippen molar-refractivity contribution in [3.63, 3.8) is 0 Å². The number of aromatic carboxylic acids is 1. The number of alkyl halides is 3. The second-order valence-electron chi connectivity index (χ2n) is 6.57. The van der Waals surface area contributed by atoms with Crippen molar-refractivity contribution in [3.05, 3.63) is 75.8 Å². The third-order valence-corrected chi connectivity index (χ3v) is 4.57. The Morgan fingerprint density at radius 3 is 2.47 bits per heavy atom. The lowest BCUT2D eigenvalue weighted by atomic mass is 10.1. The van der Waals surface area contributed by atoms with Gasteiger partial charge in [-0.25, -0.2) is 14.2 Å². The first-order valence-corrected chi connectivity index (χ1v) is 9.32. The summed E-state index contributed by atoms with van der Waals surface area (Å²) in [5.74, 6) is -1.58. The van der Waals surface area contributed by atoms with Gasteiger partial charge >= 0.3 is 12.1 Å². The van der Waals surface area contributed by atoms with Crippen molar-refractivity contribution >= 4 is 28.5 Å². The quantitative estimate of drug-likeness (QED) is 0.481. The van der Waals surface area contributed by atoms with Gasteiger partial charge in [-0.15, -0.1) is 0 Å². The first kappa shape index (κ1) is 21.4. The maximum Gasteiger partial charge on any atom is 0.422 e. The molecular formula is C20H12ClF3N4O4. The van der Waals surface area contributed by atoms with Gasteiger partial charge in [0, 0.05) is 6.20 Å². The van der Waals surface area contributed by atoms with Crippen LogP contribution < -0.4 is 10.2 Å². The van der Waals surface area contributed by atoms with Crippen LogP contribution in [0.15, 0.2) is 59.7 Å². The van der Waals surface area contributed by atoms with Gasteiger partial charge in [-0.05, 0) is 36.4 Å². The number of benzene rings is 2. The predicted octanol–water partition coefficient (Wildman–Crippen LogP) is 3.86. The molecule has 0 saturated carbocycles. The molecular weight excluding hydrogens is 453 g/mol. The summed E-state index contributed by atoms with van der Waals surface area (Å²) in [6.45, 7) is -1.45. The van der Waals surface area contributed by atoms with Crippen LogP contribution in [-0.4, -0.2) is 43.4 Å². The topological polar surface area (TPSA) is 99.2 Å². The van der Waals surface area contributed by atoms with E-state index >= 15 is 0 Å².